The van der Waals surface area contributed by atoms with Gasteiger partial charge in [0.05, 0.1) is 40.3 Å². The lowest BCUT2D eigenvalue weighted by Crippen LogP contribution is -2.44. The van der Waals surface area contributed by atoms with Crippen molar-refractivity contribution in [2.45, 2.75) is 238 Å². The summed E-state index contributed by atoms with van der Waals surface area (Å²) in [5, 5.41) is 11.7. The van der Waals surface area contributed by atoms with Crippen molar-refractivity contribution in [1.29, 1.82) is 0 Å². The Labute approximate surface area is 381 Å². The van der Waals surface area contributed by atoms with Gasteiger partial charge in [0.2, 0.25) is 0 Å². The first-order valence-corrected chi connectivity index (χ1v) is 25.6. The highest BCUT2D eigenvalue weighted by Gasteiger charge is 2.21. The summed E-state index contributed by atoms with van der Waals surface area (Å²) in [6, 6.07) is 0. The molecule has 2 unspecified atom stereocenters. The quantitative estimate of drug-likeness (QED) is 0.0195. The van der Waals surface area contributed by atoms with Crippen molar-refractivity contribution < 1.29 is 42.9 Å². The van der Waals surface area contributed by atoms with Crippen molar-refractivity contribution in [3.63, 3.8) is 0 Å². The van der Waals surface area contributed by atoms with Crippen LogP contribution in [-0.4, -0.2) is 82.3 Å². The van der Waals surface area contributed by atoms with E-state index in [-0.39, 0.29) is 38.6 Å². The van der Waals surface area contributed by atoms with Crippen molar-refractivity contribution in [2.75, 3.05) is 47.5 Å². The third-order valence-electron chi connectivity index (χ3n) is 11.2. The number of ether oxygens (including phenoxy) is 4. The molecule has 0 aromatic rings. The van der Waals surface area contributed by atoms with Crippen LogP contribution in [0.4, 0.5) is 0 Å². The number of nitrogens with zero attached hydrogens (tertiary/aromatic N) is 1. The molecule has 0 aliphatic rings. The van der Waals surface area contributed by atoms with Crippen LogP contribution in [0.15, 0.2) is 36.5 Å². The molecule has 0 heterocycles. The summed E-state index contributed by atoms with van der Waals surface area (Å²) in [6.07, 6.45) is 49.1. The van der Waals surface area contributed by atoms with Crippen molar-refractivity contribution in [3.05, 3.63) is 36.5 Å². The van der Waals surface area contributed by atoms with E-state index in [1.54, 1.807) is 0 Å². The first-order chi connectivity index (χ1) is 30.1. The van der Waals surface area contributed by atoms with Crippen LogP contribution in [0.2, 0.25) is 0 Å². The van der Waals surface area contributed by atoms with Gasteiger partial charge in [0, 0.05) is 12.8 Å². The lowest BCUT2D eigenvalue weighted by Gasteiger charge is -2.26. The van der Waals surface area contributed by atoms with Gasteiger partial charge in [-0.3, -0.25) is 9.59 Å². The maximum atomic E-state index is 12.7. The van der Waals surface area contributed by atoms with Crippen LogP contribution in [0, 0.1) is 0 Å². The zero-order valence-electron chi connectivity index (χ0n) is 41.0. The van der Waals surface area contributed by atoms with Crippen LogP contribution in [0.1, 0.15) is 226 Å². The van der Waals surface area contributed by atoms with Crippen molar-refractivity contribution in [3.8, 4) is 0 Å². The smallest absolute Gasteiger partial charge is 0.306 e. The van der Waals surface area contributed by atoms with Crippen LogP contribution in [0.5, 0.6) is 0 Å². The van der Waals surface area contributed by atoms with Crippen molar-refractivity contribution in [1.82, 2.24) is 0 Å². The first-order valence-electron chi connectivity index (χ1n) is 25.6. The highest BCUT2D eigenvalue weighted by atomic mass is 16.7. The first kappa shape index (κ1) is 59.5. The number of carboxylic acid groups (broad SMARTS) is 1. The number of carbonyl (C=O) groups is 3. The topological polar surface area (TPSA) is 111 Å². The predicted molar refractivity (Wildman–Crippen MR) is 256 cm³/mol. The molecule has 9 nitrogen and oxygen atoms in total. The van der Waals surface area contributed by atoms with Crippen LogP contribution < -0.4 is 5.11 Å². The van der Waals surface area contributed by atoms with Gasteiger partial charge in [0.25, 0.3) is 0 Å². The molecule has 0 saturated heterocycles. The van der Waals surface area contributed by atoms with Gasteiger partial charge >= 0.3 is 11.9 Å². The summed E-state index contributed by atoms with van der Waals surface area (Å²) in [4.78, 5) is 37.1. The predicted octanol–water partition coefficient (Wildman–Crippen LogP) is 12.8. The number of hydrogen-bond donors (Lipinski definition) is 0. The molecule has 9 heteroatoms. The highest BCUT2D eigenvalue weighted by Crippen LogP contribution is 2.16. The third kappa shape index (κ3) is 45.5. The molecule has 0 aromatic carbocycles. The molecule has 0 amide bonds. The largest absolute Gasteiger partial charge is 0.545 e. The van der Waals surface area contributed by atoms with Gasteiger partial charge in [0.1, 0.15) is 13.2 Å². The molecule has 362 valence electrons. The molecule has 0 saturated carbocycles. The summed E-state index contributed by atoms with van der Waals surface area (Å²) >= 11 is 0. The number of hydrogen-bond acceptors (Lipinski definition) is 8. The molecule has 0 aliphatic heterocycles. The summed E-state index contributed by atoms with van der Waals surface area (Å²) in [5.41, 5.74) is 0. The van der Waals surface area contributed by atoms with E-state index in [4.69, 9.17) is 18.9 Å². The van der Waals surface area contributed by atoms with E-state index < -0.39 is 24.3 Å². The van der Waals surface area contributed by atoms with E-state index in [1.807, 2.05) is 21.1 Å². The molecule has 0 aliphatic carbocycles. The zero-order valence-corrected chi connectivity index (χ0v) is 41.0. The molecular formula is C53H97NO8. The SMILES string of the molecule is CC/C=C\C/C=C\C/C=C\CCCCCC(=O)OC(COC(=O)CCCCCCCCCCCCCCCCCCCCCCCCCC)COC(OCC[N+](C)(C)C)C(=O)[O-]. The number of carboxylic acids is 1. The number of carbonyl (C=O) groups excluding carboxylic acids is 3. The molecule has 0 radical (unpaired) electrons. The zero-order chi connectivity index (χ0) is 45.6. The van der Waals surface area contributed by atoms with Gasteiger partial charge in [-0.25, -0.2) is 0 Å². The number of allylic oxidation sites excluding steroid dienone is 6. The van der Waals surface area contributed by atoms with Crippen LogP contribution in [0.25, 0.3) is 0 Å². The molecule has 0 aromatic heterocycles. The number of aliphatic carboxylic acids is 1. The monoisotopic (exact) mass is 876 g/mol. The van der Waals surface area contributed by atoms with Gasteiger partial charge in [-0.1, -0.05) is 204 Å². The molecule has 0 fully saturated rings. The second kappa shape index (κ2) is 45.1. The molecule has 0 rings (SSSR count). The van der Waals surface area contributed by atoms with Crippen molar-refractivity contribution >= 4 is 17.9 Å². The van der Waals surface area contributed by atoms with Crippen LogP contribution in [-0.2, 0) is 33.3 Å². The molecule has 62 heavy (non-hydrogen) atoms. The average Bonchev–Trinajstić information content (AvgIpc) is 3.23. The second-order valence-corrected chi connectivity index (χ2v) is 18.4. The fourth-order valence-electron chi connectivity index (χ4n) is 7.20. The summed E-state index contributed by atoms with van der Waals surface area (Å²) in [7, 11) is 5.90. The maximum absolute atomic E-state index is 12.7. The minimum atomic E-state index is -1.63. The number of unbranched alkanes of at least 4 members (excludes halogenated alkanes) is 26. The van der Waals surface area contributed by atoms with E-state index in [1.165, 1.54) is 135 Å². The molecule has 2 atom stereocenters. The molecular weight excluding hydrogens is 779 g/mol. The van der Waals surface area contributed by atoms with Gasteiger partial charge in [-0.2, -0.15) is 0 Å². The van der Waals surface area contributed by atoms with Crippen LogP contribution in [0.3, 0.4) is 0 Å². The van der Waals surface area contributed by atoms with Gasteiger partial charge < -0.3 is 33.3 Å². The Bertz CT molecular complexity index is 1110. The normalized spacial score (nSPS) is 13.1. The summed E-state index contributed by atoms with van der Waals surface area (Å²) in [6.45, 7) is 4.61. The Morgan fingerprint density at radius 3 is 1.37 bits per heavy atom. The Morgan fingerprint density at radius 2 is 0.919 bits per heavy atom. The summed E-state index contributed by atoms with van der Waals surface area (Å²) in [5.74, 6) is -2.32. The Morgan fingerprint density at radius 1 is 0.500 bits per heavy atom. The Balaban J connectivity index is 4.23. The second-order valence-electron chi connectivity index (χ2n) is 18.4. The standard InChI is InChI=1S/C53H97NO8/c1-6-8-10-12-14-16-18-20-21-22-23-24-25-26-27-28-29-30-32-33-35-37-39-41-43-50(55)60-47-49(48-61-53(52(57)58)59-46-45-54(3,4)5)62-51(56)44-42-40-38-36-34-31-19-17-15-13-11-9-7-2/h9,11,15,17,31,34,49,53H,6-8,10,12-14,16,18-30,32-33,35-48H2,1-5H3/b11-9-,17-15-,34-31-. The highest BCUT2D eigenvalue weighted by molar-refractivity contribution is 5.70. The van der Waals surface area contributed by atoms with E-state index >= 15 is 0 Å². The fraction of sp³-hybridized carbons (Fsp3) is 0.830. The molecule has 0 N–H and O–H groups in total. The van der Waals surface area contributed by atoms with Crippen molar-refractivity contribution in [2.24, 2.45) is 0 Å². The maximum Gasteiger partial charge on any atom is 0.306 e. The van der Waals surface area contributed by atoms with Crippen LogP contribution >= 0.6 is 0 Å². The number of quaternary nitrogens is 1. The number of likely N-dealkylation sites (N-methyl/N-ethyl adjacent to an activating group) is 1. The Kier molecular flexibility index (Phi) is 43.3. The van der Waals surface area contributed by atoms with E-state index in [0.29, 0.717) is 17.4 Å². The summed E-state index contributed by atoms with van der Waals surface area (Å²) < 4.78 is 22.6. The molecule has 0 bridgehead atoms. The minimum absolute atomic E-state index is 0.143. The minimum Gasteiger partial charge on any atom is -0.545 e. The number of rotatable bonds is 47. The number of esters is 2. The van der Waals surface area contributed by atoms with Gasteiger partial charge in [0.15, 0.2) is 12.4 Å². The van der Waals surface area contributed by atoms with Gasteiger partial charge in [-0.05, 0) is 44.9 Å². The third-order valence-corrected chi connectivity index (χ3v) is 11.2. The van der Waals surface area contributed by atoms with E-state index in [9.17, 15) is 19.5 Å². The van der Waals surface area contributed by atoms with Gasteiger partial charge in [-0.15, -0.1) is 0 Å². The average molecular weight is 876 g/mol. The Hall–Kier alpha value is -2.49. The van der Waals surface area contributed by atoms with E-state index in [2.05, 4.69) is 50.3 Å². The fourth-order valence-corrected chi connectivity index (χ4v) is 7.20. The lowest BCUT2D eigenvalue weighted by atomic mass is 10.0. The van der Waals surface area contributed by atoms with E-state index in [0.717, 1.165) is 57.8 Å². The molecule has 0 spiro atoms. The lowest BCUT2D eigenvalue weighted by molar-refractivity contribution is -0.870.